The van der Waals surface area contributed by atoms with E-state index in [9.17, 15) is 4.39 Å². The lowest BCUT2D eigenvalue weighted by Crippen LogP contribution is -2.03. The van der Waals surface area contributed by atoms with Crippen LogP contribution in [0.2, 0.25) is 0 Å². The lowest BCUT2D eigenvalue weighted by atomic mass is 10.1. The van der Waals surface area contributed by atoms with E-state index in [1.54, 1.807) is 13.0 Å². The van der Waals surface area contributed by atoms with Crippen molar-refractivity contribution in [1.29, 1.82) is 0 Å². The average Bonchev–Trinajstić information content (AvgIpc) is 2.69. The summed E-state index contributed by atoms with van der Waals surface area (Å²) in [5.74, 6) is 0.0827. The summed E-state index contributed by atoms with van der Waals surface area (Å²) in [6.07, 6.45) is 0. The third kappa shape index (κ3) is 1.89. The molecule has 0 radical (unpaired) electrons. The molecule has 0 fully saturated rings. The summed E-state index contributed by atoms with van der Waals surface area (Å²) in [5, 5.41) is 0. The zero-order valence-electron chi connectivity index (χ0n) is 11.1. The minimum Gasteiger partial charge on any atom is -0.369 e. The van der Waals surface area contributed by atoms with Crippen LogP contribution in [-0.4, -0.2) is 9.55 Å². The van der Waals surface area contributed by atoms with E-state index >= 15 is 0 Å². The lowest BCUT2D eigenvalue weighted by Gasteiger charge is -2.11. The van der Waals surface area contributed by atoms with Gasteiger partial charge in [0, 0.05) is 10.5 Å². The minimum atomic E-state index is -0.270. The van der Waals surface area contributed by atoms with Crippen LogP contribution in [0.1, 0.15) is 11.1 Å². The van der Waals surface area contributed by atoms with Gasteiger partial charge < -0.3 is 5.73 Å². The van der Waals surface area contributed by atoms with Crippen molar-refractivity contribution < 1.29 is 4.39 Å². The van der Waals surface area contributed by atoms with E-state index in [4.69, 9.17) is 5.73 Å². The predicted octanol–water partition coefficient (Wildman–Crippen LogP) is 4.13. The summed E-state index contributed by atoms with van der Waals surface area (Å²) in [6.45, 7) is 3.73. The molecule has 0 unspecified atom stereocenters. The monoisotopic (exact) mass is 333 g/mol. The van der Waals surface area contributed by atoms with E-state index in [0.29, 0.717) is 17.0 Å². The summed E-state index contributed by atoms with van der Waals surface area (Å²) in [5.41, 5.74) is 9.95. The molecule has 2 N–H and O–H groups in total. The van der Waals surface area contributed by atoms with Gasteiger partial charge in [0.1, 0.15) is 5.82 Å². The molecule has 3 rings (SSSR count). The number of rotatable bonds is 1. The van der Waals surface area contributed by atoms with Crippen molar-refractivity contribution in [3.05, 3.63) is 51.7 Å². The van der Waals surface area contributed by atoms with E-state index < -0.39 is 0 Å². The van der Waals surface area contributed by atoms with Crippen LogP contribution < -0.4 is 5.73 Å². The van der Waals surface area contributed by atoms with Crippen LogP contribution >= 0.6 is 15.9 Å². The molecule has 0 bridgehead atoms. The molecule has 102 valence electrons. The standard InChI is InChI=1S/C15H13BrFN3/c1-8-6-14-12(7-11(8)17)19-15(18)20(14)13-5-3-4-10(16)9(13)2/h3-7H,1-2H3,(H2,18,19). The van der Waals surface area contributed by atoms with E-state index in [2.05, 4.69) is 20.9 Å². The molecule has 0 aliphatic rings. The van der Waals surface area contributed by atoms with Crippen molar-refractivity contribution in [2.24, 2.45) is 0 Å². The number of halogens is 2. The number of imidazole rings is 1. The number of nitrogens with zero attached hydrogens (tertiary/aromatic N) is 2. The summed E-state index contributed by atoms with van der Waals surface area (Å²) >= 11 is 3.51. The van der Waals surface area contributed by atoms with Gasteiger partial charge in [-0.3, -0.25) is 4.57 Å². The average molecular weight is 334 g/mol. The molecule has 1 aromatic heterocycles. The largest absolute Gasteiger partial charge is 0.369 e. The second kappa shape index (κ2) is 4.59. The molecule has 0 saturated carbocycles. The van der Waals surface area contributed by atoms with Gasteiger partial charge in [0.15, 0.2) is 0 Å². The quantitative estimate of drug-likeness (QED) is 0.727. The van der Waals surface area contributed by atoms with Crippen LogP contribution in [0, 0.1) is 19.7 Å². The van der Waals surface area contributed by atoms with Crippen LogP contribution in [-0.2, 0) is 0 Å². The second-order valence-corrected chi connectivity index (χ2v) is 5.63. The minimum absolute atomic E-state index is 0.270. The number of benzene rings is 2. The SMILES string of the molecule is Cc1cc2c(cc1F)nc(N)n2-c1cccc(Br)c1C. The number of nitrogens with two attached hydrogens (primary N) is 1. The van der Waals surface area contributed by atoms with Crippen LogP contribution in [0.25, 0.3) is 16.7 Å². The maximum Gasteiger partial charge on any atom is 0.205 e. The molecular formula is C15H13BrFN3. The first-order valence-electron chi connectivity index (χ1n) is 6.18. The first-order chi connectivity index (χ1) is 9.49. The Morgan fingerprint density at radius 1 is 1.25 bits per heavy atom. The third-order valence-corrected chi connectivity index (χ3v) is 4.30. The predicted molar refractivity (Wildman–Crippen MR) is 82.6 cm³/mol. The summed E-state index contributed by atoms with van der Waals surface area (Å²) in [7, 11) is 0. The second-order valence-electron chi connectivity index (χ2n) is 4.78. The smallest absolute Gasteiger partial charge is 0.205 e. The summed E-state index contributed by atoms with van der Waals surface area (Å²) < 4.78 is 16.5. The Morgan fingerprint density at radius 2 is 2.00 bits per heavy atom. The van der Waals surface area contributed by atoms with Crippen molar-refractivity contribution in [3.63, 3.8) is 0 Å². The normalized spacial score (nSPS) is 11.2. The number of fused-ring (bicyclic) bond motifs is 1. The first kappa shape index (κ1) is 13.1. The van der Waals surface area contributed by atoms with Gasteiger partial charge in [0.25, 0.3) is 0 Å². The third-order valence-electron chi connectivity index (χ3n) is 3.44. The molecule has 1 heterocycles. The molecule has 0 aliphatic carbocycles. The molecule has 0 aliphatic heterocycles. The molecule has 0 saturated heterocycles. The molecule has 0 amide bonds. The molecule has 20 heavy (non-hydrogen) atoms. The Kier molecular flexibility index (Phi) is 3.01. The van der Waals surface area contributed by atoms with Crippen molar-refractivity contribution >= 4 is 32.9 Å². The van der Waals surface area contributed by atoms with Crippen molar-refractivity contribution in [2.45, 2.75) is 13.8 Å². The number of nitrogen functional groups attached to an aromatic ring is 1. The van der Waals surface area contributed by atoms with Gasteiger partial charge in [-0.2, -0.15) is 0 Å². The molecule has 0 spiro atoms. The van der Waals surface area contributed by atoms with Gasteiger partial charge in [0.2, 0.25) is 5.95 Å². The van der Waals surface area contributed by atoms with E-state index in [1.165, 1.54) is 6.07 Å². The Labute approximate surface area is 124 Å². The van der Waals surface area contributed by atoms with Gasteiger partial charge >= 0.3 is 0 Å². The number of anilines is 1. The fourth-order valence-corrected chi connectivity index (χ4v) is 2.67. The van der Waals surface area contributed by atoms with Crippen molar-refractivity contribution in [1.82, 2.24) is 9.55 Å². The highest BCUT2D eigenvalue weighted by molar-refractivity contribution is 9.10. The fraction of sp³-hybridized carbons (Fsp3) is 0.133. The number of aromatic nitrogens is 2. The Bertz CT molecular complexity index is 824. The Balaban J connectivity index is 2.39. The zero-order valence-corrected chi connectivity index (χ0v) is 12.7. The highest BCUT2D eigenvalue weighted by atomic mass is 79.9. The highest BCUT2D eigenvalue weighted by Gasteiger charge is 2.14. The van der Waals surface area contributed by atoms with Crippen LogP contribution in [0.3, 0.4) is 0 Å². The molecule has 2 aromatic carbocycles. The van der Waals surface area contributed by atoms with E-state index in [1.807, 2.05) is 29.7 Å². The molecule has 3 nitrogen and oxygen atoms in total. The highest BCUT2D eigenvalue weighted by Crippen LogP contribution is 2.29. The fourth-order valence-electron chi connectivity index (χ4n) is 2.31. The van der Waals surface area contributed by atoms with Crippen LogP contribution in [0.5, 0.6) is 0 Å². The topological polar surface area (TPSA) is 43.8 Å². The number of hydrogen-bond acceptors (Lipinski definition) is 2. The molecular weight excluding hydrogens is 321 g/mol. The van der Waals surface area contributed by atoms with Gasteiger partial charge in [-0.15, -0.1) is 0 Å². The van der Waals surface area contributed by atoms with Crippen molar-refractivity contribution in [2.75, 3.05) is 5.73 Å². The Hall–Kier alpha value is -1.88. The summed E-state index contributed by atoms with van der Waals surface area (Å²) in [4.78, 5) is 4.25. The van der Waals surface area contributed by atoms with Gasteiger partial charge in [0.05, 0.1) is 16.7 Å². The molecule has 0 atom stereocenters. The molecule has 5 heteroatoms. The zero-order chi connectivity index (χ0) is 14.4. The number of hydrogen-bond donors (Lipinski definition) is 1. The van der Waals surface area contributed by atoms with E-state index in [0.717, 1.165) is 21.2 Å². The lowest BCUT2D eigenvalue weighted by molar-refractivity contribution is 0.620. The number of aryl methyl sites for hydroxylation is 1. The first-order valence-corrected chi connectivity index (χ1v) is 6.98. The van der Waals surface area contributed by atoms with Gasteiger partial charge in [-0.05, 0) is 43.2 Å². The van der Waals surface area contributed by atoms with Crippen LogP contribution in [0.4, 0.5) is 10.3 Å². The maximum atomic E-state index is 13.6. The summed E-state index contributed by atoms with van der Waals surface area (Å²) in [6, 6.07) is 9.07. The maximum absolute atomic E-state index is 13.6. The van der Waals surface area contributed by atoms with Gasteiger partial charge in [-0.25, -0.2) is 9.37 Å². The Morgan fingerprint density at radius 3 is 2.75 bits per heavy atom. The van der Waals surface area contributed by atoms with E-state index in [-0.39, 0.29) is 5.82 Å². The van der Waals surface area contributed by atoms with Crippen molar-refractivity contribution in [3.8, 4) is 5.69 Å². The van der Waals surface area contributed by atoms with Crippen LogP contribution in [0.15, 0.2) is 34.8 Å². The van der Waals surface area contributed by atoms with Gasteiger partial charge in [-0.1, -0.05) is 22.0 Å². The molecule has 3 aromatic rings.